The first-order chi connectivity index (χ1) is 24.8. The molecular weight excluding hydrogens is 660 g/mol. The van der Waals surface area contributed by atoms with Gasteiger partial charge in [0.15, 0.2) is 23.0 Å². The van der Waals surface area contributed by atoms with Crippen molar-refractivity contribution in [2.75, 3.05) is 13.1 Å². The van der Waals surface area contributed by atoms with E-state index in [1.54, 1.807) is 26.0 Å². The zero-order valence-corrected chi connectivity index (χ0v) is 29.2. The van der Waals surface area contributed by atoms with E-state index in [1.165, 1.54) is 0 Å². The van der Waals surface area contributed by atoms with Crippen LogP contribution < -0.4 is 10.6 Å². The number of amides is 2. The van der Waals surface area contributed by atoms with E-state index in [0.717, 1.165) is 23.3 Å². The van der Waals surface area contributed by atoms with Crippen LogP contribution in [0, 0.1) is 13.8 Å². The number of benzene rings is 6. The lowest BCUT2D eigenvalue weighted by molar-refractivity contribution is 0.0941. The van der Waals surface area contributed by atoms with Crippen molar-refractivity contribution in [3.05, 3.63) is 118 Å². The summed E-state index contributed by atoms with van der Waals surface area (Å²) in [7, 11) is 0. The molecule has 2 atom stereocenters. The van der Waals surface area contributed by atoms with Crippen molar-refractivity contribution in [2.45, 2.75) is 39.5 Å². The van der Waals surface area contributed by atoms with E-state index < -0.39 is 34.8 Å². The normalized spacial score (nSPS) is 12.5. The van der Waals surface area contributed by atoms with E-state index in [9.17, 15) is 40.2 Å². The summed E-state index contributed by atoms with van der Waals surface area (Å²) < 4.78 is 0. The fourth-order valence-electron chi connectivity index (χ4n) is 6.82. The van der Waals surface area contributed by atoms with Crippen LogP contribution >= 0.6 is 0 Å². The summed E-state index contributed by atoms with van der Waals surface area (Å²) in [6.07, 6.45) is 0. The van der Waals surface area contributed by atoms with E-state index in [1.807, 2.05) is 74.5 Å². The molecule has 6 aromatic carbocycles. The average Bonchev–Trinajstić information content (AvgIpc) is 3.13. The van der Waals surface area contributed by atoms with Crippen molar-refractivity contribution >= 4 is 33.4 Å². The topological polar surface area (TPSA) is 180 Å². The number of phenolic OH excluding ortho intramolecular Hbond substituents is 6. The molecule has 2 amide bonds. The van der Waals surface area contributed by atoms with E-state index in [4.69, 9.17) is 0 Å². The minimum absolute atomic E-state index is 0.0391. The van der Waals surface area contributed by atoms with Gasteiger partial charge in [0.05, 0.1) is 11.1 Å². The summed E-state index contributed by atoms with van der Waals surface area (Å²) in [4.78, 5) is 27.0. The Balaban J connectivity index is 1.41. The monoisotopic (exact) mass is 700 g/mol. The maximum absolute atomic E-state index is 13.5. The highest BCUT2D eigenvalue weighted by Crippen LogP contribution is 2.51. The van der Waals surface area contributed by atoms with Gasteiger partial charge in [0, 0.05) is 45.8 Å². The minimum atomic E-state index is -0.656. The molecule has 10 heteroatoms. The molecule has 0 saturated heterocycles. The van der Waals surface area contributed by atoms with Gasteiger partial charge < -0.3 is 41.3 Å². The zero-order valence-electron chi connectivity index (χ0n) is 29.2. The van der Waals surface area contributed by atoms with Crippen LogP contribution in [0.3, 0.4) is 0 Å². The molecule has 0 unspecified atom stereocenters. The summed E-state index contributed by atoms with van der Waals surface area (Å²) in [6.45, 7) is 7.67. The van der Waals surface area contributed by atoms with Crippen LogP contribution in [-0.2, 0) is 0 Å². The smallest absolute Gasteiger partial charge is 0.255 e. The van der Waals surface area contributed by atoms with Crippen molar-refractivity contribution in [3.8, 4) is 45.6 Å². The highest BCUT2D eigenvalue weighted by atomic mass is 16.3. The van der Waals surface area contributed by atoms with Crippen molar-refractivity contribution in [1.82, 2.24) is 10.6 Å². The summed E-state index contributed by atoms with van der Waals surface area (Å²) in [5, 5.41) is 72.7. The number of carbonyl (C=O) groups excluding carboxylic acids is 2. The van der Waals surface area contributed by atoms with Gasteiger partial charge in [-0.15, -0.1) is 0 Å². The standard InChI is InChI=1S/C42H40N2O8/c1-21-15-27-29(17-31(45)39(49)35(27)41(51)43-19-23(3)25-11-7-5-8-12-25)37(47)33(21)34-22(2)16-28-30(38(34)48)18-32(46)40(50)36(28)42(52)44-20-24(4)26-13-9-6-10-14-26/h5-18,23-24,45-50H,19-20H2,1-4H3,(H,43,51)(H,44,52)/t23-,24-/m1/s1. The summed E-state index contributed by atoms with van der Waals surface area (Å²) >= 11 is 0. The second kappa shape index (κ2) is 14.1. The van der Waals surface area contributed by atoms with Gasteiger partial charge in [-0.25, -0.2) is 0 Å². The maximum atomic E-state index is 13.5. The fourth-order valence-corrected chi connectivity index (χ4v) is 6.82. The van der Waals surface area contributed by atoms with Crippen LogP contribution in [0.15, 0.2) is 84.9 Å². The second-order valence-electron chi connectivity index (χ2n) is 13.3. The van der Waals surface area contributed by atoms with Gasteiger partial charge in [-0.1, -0.05) is 74.5 Å². The molecule has 0 heterocycles. The molecule has 6 aromatic rings. The number of carbonyl (C=O) groups is 2. The molecule has 0 aliphatic heterocycles. The number of phenols is 6. The van der Waals surface area contributed by atoms with Crippen molar-refractivity contribution in [1.29, 1.82) is 0 Å². The van der Waals surface area contributed by atoms with Crippen LogP contribution in [0.25, 0.3) is 32.7 Å². The van der Waals surface area contributed by atoms with Crippen LogP contribution in [-0.4, -0.2) is 55.5 Å². The second-order valence-corrected chi connectivity index (χ2v) is 13.3. The highest BCUT2D eigenvalue weighted by Gasteiger charge is 2.28. The Morgan fingerprint density at radius 1 is 0.519 bits per heavy atom. The third-order valence-corrected chi connectivity index (χ3v) is 9.71. The van der Waals surface area contributed by atoms with Gasteiger partial charge in [0.25, 0.3) is 11.8 Å². The Morgan fingerprint density at radius 2 is 0.865 bits per heavy atom. The molecule has 52 heavy (non-hydrogen) atoms. The number of aryl methyl sites for hydroxylation is 2. The number of hydrogen-bond acceptors (Lipinski definition) is 8. The van der Waals surface area contributed by atoms with E-state index in [2.05, 4.69) is 10.6 Å². The quantitative estimate of drug-likeness (QED) is 0.0711. The number of rotatable bonds is 9. The van der Waals surface area contributed by atoms with Gasteiger partial charge in [-0.3, -0.25) is 9.59 Å². The molecule has 266 valence electrons. The average molecular weight is 701 g/mol. The zero-order chi connectivity index (χ0) is 37.4. The van der Waals surface area contributed by atoms with Crippen molar-refractivity contribution in [3.63, 3.8) is 0 Å². The Morgan fingerprint density at radius 3 is 1.21 bits per heavy atom. The first-order valence-corrected chi connectivity index (χ1v) is 16.9. The van der Waals surface area contributed by atoms with Gasteiger partial charge in [-0.2, -0.15) is 0 Å². The Bertz CT molecular complexity index is 2190. The first kappa shape index (κ1) is 35.4. The fraction of sp³-hybridized carbons (Fsp3) is 0.190. The molecule has 8 N–H and O–H groups in total. The molecule has 10 nitrogen and oxygen atoms in total. The molecular formula is C42H40N2O8. The van der Waals surface area contributed by atoms with E-state index in [-0.39, 0.29) is 80.2 Å². The third kappa shape index (κ3) is 6.35. The lowest BCUT2D eigenvalue weighted by atomic mass is 9.87. The summed E-state index contributed by atoms with van der Waals surface area (Å²) in [6, 6.07) is 24.6. The van der Waals surface area contributed by atoms with Crippen LogP contribution in [0.4, 0.5) is 0 Å². The Hall–Kier alpha value is -6.42. The molecule has 0 fully saturated rings. The molecule has 0 spiro atoms. The van der Waals surface area contributed by atoms with Crippen LogP contribution in [0.5, 0.6) is 34.5 Å². The number of nitrogens with one attached hydrogen (secondary N) is 2. The summed E-state index contributed by atoms with van der Waals surface area (Å²) in [5.41, 5.74) is 2.71. The van der Waals surface area contributed by atoms with Crippen LogP contribution in [0.2, 0.25) is 0 Å². The lowest BCUT2D eigenvalue weighted by Crippen LogP contribution is -2.27. The minimum Gasteiger partial charge on any atom is -0.507 e. The maximum Gasteiger partial charge on any atom is 0.255 e. The molecule has 0 aliphatic rings. The lowest BCUT2D eigenvalue weighted by Gasteiger charge is -2.21. The van der Waals surface area contributed by atoms with Gasteiger partial charge >= 0.3 is 0 Å². The largest absolute Gasteiger partial charge is 0.507 e. The Labute approximate surface area is 300 Å². The number of aromatic hydroxyl groups is 6. The van der Waals surface area contributed by atoms with Gasteiger partial charge in [0.1, 0.15) is 11.5 Å². The van der Waals surface area contributed by atoms with Crippen molar-refractivity contribution < 1.29 is 40.2 Å². The van der Waals surface area contributed by atoms with Crippen LogP contribution in [0.1, 0.15) is 68.7 Å². The first-order valence-electron chi connectivity index (χ1n) is 16.9. The Kier molecular flexibility index (Phi) is 9.58. The molecule has 0 aliphatic carbocycles. The van der Waals surface area contributed by atoms with E-state index >= 15 is 0 Å². The van der Waals surface area contributed by atoms with Gasteiger partial charge in [-0.05, 0) is 72.2 Å². The molecule has 0 radical (unpaired) electrons. The molecule has 0 aromatic heterocycles. The number of hydrogen-bond donors (Lipinski definition) is 8. The van der Waals surface area contributed by atoms with E-state index in [0.29, 0.717) is 11.1 Å². The molecule has 6 rings (SSSR count). The highest BCUT2D eigenvalue weighted by molar-refractivity contribution is 6.16. The molecule has 0 saturated carbocycles. The third-order valence-electron chi connectivity index (χ3n) is 9.71. The predicted octanol–water partition coefficient (Wildman–Crippen LogP) is 7.58. The predicted molar refractivity (Wildman–Crippen MR) is 201 cm³/mol. The van der Waals surface area contributed by atoms with Gasteiger partial charge in [0.2, 0.25) is 0 Å². The SMILES string of the molecule is Cc1cc2c(C(=O)NC[C@@H](C)c3ccccc3)c(O)c(O)cc2c(O)c1-c1c(C)cc2c(C(=O)NC[C@@H](C)c3ccccc3)c(O)c(O)cc2c1O. The van der Waals surface area contributed by atoms with Crippen molar-refractivity contribution in [2.24, 2.45) is 0 Å². The number of fused-ring (bicyclic) bond motifs is 2. The summed E-state index contributed by atoms with van der Waals surface area (Å²) in [5.74, 6) is -4.73. The molecule has 0 bridgehead atoms.